The van der Waals surface area contributed by atoms with Gasteiger partial charge in [0.25, 0.3) is 5.91 Å². The van der Waals surface area contributed by atoms with Crippen molar-refractivity contribution in [1.82, 2.24) is 19.3 Å². The number of piperidine rings is 1. The zero-order valence-corrected chi connectivity index (χ0v) is 17.0. The smallest absolute Gasteiger partial charge is 0.255 e. The first-order valence-electron chi connectivity index (χ1n) is 9.71. The number of hydrogen-bond acceptors (Lipinski definition) is 3. The molecule has 1 aromatic rings. The maximum atomic E-state index is 13.2. The van der Waals surface area contributed by atoms with Gasteiger partial charge in [-0.05, 0) is 39.7 Å². The largest absolute Gasteiger partial charge is 0.349 e. The molecule has 7 nitrogen and oxygen atoms in total. The fraction of sp³-hybridized carbons (Fsp3) is 0.650. The third-order valence-electron chi connectivity index (χ3n) is 6.01. The molecule has 0 N–H and O–H groups in total. The maximum absolute atomic E-state index is 13.2. The normalized spacial score (nSPS) is 22.2. The number of likely N-dealkylation sites (N-methyl/N-ethyl adjacent to an activating group) is 1. The van der Waals surface area contributed by atoms with Crippen LogP contribution in [0.5, 0.6) is 0 Å². The van der Waals surface area contributed by atoms with Crippen molar-refractivity contribution in [2.45, 2.75) is 46.2 Å². The average Bonchev–Trinajstić information content (AvgIpc) is 2.78. The van der Waals surface area contributed by atoms with Gasteiger partial charge < -0.3 is 19.3 Å². The molecule has 4 rings (SSSR count). The van der Waals surface area contributed by atoms with Crippen LogP contribution in [0.3, 0.4) is 0 Å². The number of carbonyl (C=O) groups is 3. The Morgan fingerprint density at radius 3 is 2.48 bits per heavy atom. The molecule has 3 amide bonds. The highest BCUT2D eigenvalue weighted by Gasteiger charge is 2.43. The summed E-state index contributed by atoms with van der Waals surface area (Å²) in [6.07, 6.45) is 1.63. The number of nitrogens with zero attached hydrogens (tertiary/aromatic N) is 4. The van der Waals surface area contributed by atoms with Crippen LogP contribution in [0.1, 0.15) is 41.5 Å². The second-order valence-corrected chi connectivity index (χ2v) is 7.92. The van der Waals surface area contributed by atoms with Gasteiger partial charge in [0.2, 0.25) is 11.8 Å². The SMILES string of the molecule is CCn1c(C)cc(C(=O)N2C[C@@H]3CC[C@H](C2)N(CC(=O)N(C)C)C3=O)c1C. The number of hydrogen-bond donors (Lipinski definition) is 0. The third-order valence-corrected chi connectivity index (χ3v) is 6.01. The molecule has 0 spiro atoms. The lowest BCUT2D eigenvalue weighted by Gasteiger charge is -2.35. The summed E-state index contributed by atoms with van der Waals surface area (Å²) in [5.41, 5.74) is 2.77. The summed E-state index contributed by atoms with van der Waals surface area (Å²) in [6.45, 7) is 7.92. The average molecular weight is 374 g/mol. The fourth-order valence-electron chi connectivity index (χ4n) is 4.38. The van der Waals surface area contributed by atoms with Gasteiger partial charge in [0, 0.05) is 51.2 Å². The summed E-state index contributed by atoms with van der Waals surface area (Å²) in [5, 5.41) is 0. The van der Waals surface area contributed by atoms with Crippen molar-refractivity contribution < 1.29 is 14.4 Å². The lowest BCUT2D eigenvalue weighted by Crippen LogP contribution is -2.51. The molecular weight excluding hydrogens is 344 g/mol. The van der Waals surface area contributed by atoms with Crippen LogP contribution in [0.2, 0.25) is 0 Å². The number of carbonyl (C=O) groups excluding carboxylic acids is 3. The molecule has 2 bridgehead atoms. The Morgan fingerprint density at radius 1 is 1.19 bits per heavy atom. The van der Waals surface area contributed by atoms with E-state index in [9.17, 15) is 14.4 Å². The molecule has 3 fully saturated rings. The van der Waals surface area contributed by atoms with Gasteiger partial charge in [-0.25, -0.2) is 0 Å². The third kappa shape index (κ3) is 3.47. The Kier molecular flexibility index (Phi) is 5.31. The molecule has 3 aliphatic heterocycles. The Morgan fingerprint density at radius 2 is 1.89 bits per heavy atom. The van der Waals surface area contributed by atoms with E-state index in [0.717, 1.165) is 36.3 Å². The summed E-state index contributed by atoms with van der Waals surface area (Å²) >= 11 is 0. The van der Waals surface area contributed by atoms with E-state index in [1.807, 2.05) is 24.8 Å². The zero-order chi connectivity index (χ0) is 19.9. The quantitative estimate of drug-likeness (QED) is 0.797. The van der Waals surface area contributed by atoms with Crippen LogP contribution in [0, 0.1) is 19.8 Å². The van der Waals surface area contributed by atoms with E-state index in [4.69, 9.17) is 0 Å². The van der Waals surface area contributed by atoms with Gasteiger partial charge in [-0.15, -0.1) is 0 Å². The van der Waals surface area contributed by atoms with Crippen LogP contribution < -0.4 is 0 Å². The Hall–Kier alpha value is -2.31. The van der Waals surface area contributed by atoms with E-state index in [1.54, 1.807) is 19.0 Å². The standard InChI is InChI=1S/C20H30N4O3/c1-6-23-13(2)9-17(14(23)3)20(27)22-10-15-7-8-16(11-22)24(19(15)26)12-18(25)21(4)5/h9,15-16H,6-8,10-12H2,1-5H3/t15-,16+/m0/s1. The first-order chi connectivity index (χ1) is 12.7. The summed E-state index contributed by atoms with van der Waals surface area (Å²) in [4.78, 5) is 43.3. The molecule has 0 radical (unpaired) electrons. The van der Waals surface area contributed by atoms with Crippen molar-refractivity contribution in [3.05, 3.63) is 23.0 Å². The number of aryl methyl sites for hydroxylation is 1. The molecule has 0 unspecified atom stereocenters. The van der Waals surface area contributed by atoms with Crippen molar-refractivity contribution in [2.75, 3.05) is 33.7 Å². The molecule has 0 aliphatic carbocycles. The van der Waals surface area contributed by atoms with Gasteiger partial charge in [-0.2, -0.15) is 0 Å². The van der Waals surface area contributed by atoms with Crippen molar-refractivity contribution in [2.24, 2.45) is 5.92 Å². The molecular formula is C20H30N4O3. The van der Waals surface area contributed by atoms with Gasteiger partial charge >= 0.3 is 0 Å². The molecule has 4 heterocycles. The molecule has 7 heteroatoms. The van der Waals surface area contributed by atoms with Gasteiger partial charge in [-0.1, -0.05) is 0 Å². The molecule has 27 heavy (non-hydrogen) atoms. The fourth-order valence-corrected chi connectivity index (χ4v) is 4.38. The molecule has 3 aliphatic rings. The van der Waals surface area contributed by atoms with Gasteiger partial charge in [0.05, 0.1) is 11.5 Å². The Labute approximate surface area is 160 Å². The monoisotopic (exact) mass is 374 g/mol. The van der Waals surface area contributed by atoms with Crippen LogP contribution in [-0.2, 0) is 16.1 Å². The second-order valence-electron chi connectivity index (χ2n) is 7.92. The van der Waals surface area contributed by atoms with E-state index in [1.165, 1.54) is 4.90 Å². The van der Waals surface area contributed by atoms with Crippen LogP contribution in [0.25, 0.3) is 0 Å². The maximum Gasteiger partial charge on any atom is 0.255 e. The Bertz CT molecular complexity index is 768. The number of rotatable bonds is 4. The molecule has 1 aromatic heterocycles. The topological polar surface area (TPSA) is 65.9 Å². The Balaban J connectivity index is 1.83. The van der Waals surface area contributed by atoms with E-state index in [0.29, 0.717) is 13.1 Å². The van der Waals surface area contributed by atoms with Crippen molar-refractivity contribution in [3.8, 4) is 0 Å². The lowest BCUT2D eigenvalue weighted by molar-refractivity contribution is -0.145. The molecule has 2 atom stereocenters. The van der Waals surface area contributed by atoms with Gasteiger partial charge in [0.1, 0.15) is 6.54 Å². The number of fused-ring (bicyclic) bond motifs is 4. The van der Waals surface area contributed by atoms with Crippen molar-refractivity contribution >= 4 is 17.7 Å². The number of aromatic nitrogens is 1. The van der Waals surface area contributed by atoms with Crippen molar-refractivity contribution in [1.29, 1.82) is 0 Å². The summed E-state index contributed by atoms with van der Waals surface area (Å²) in [7, 11) is 3.39. The first kappa shape index (κ1) is 19.5. The van der Waals surface area contributed by atoms with Crippen LogP contribution in [0.15, 0.2) is 6.07 Å². The second kappa shape index (κ2) is 7.37. The minimum Gasteiger partial charge on any atom is -0.349 e. The predicted octanol–water partition coefficient (Wildman–Crippen LogP) is 1.28. The van der Waals surface area contributed by atoms with Gasteiger partial charge in [0.15, 0.2) is 0 Å². The predicted molar refractivity (Wildman–Crippen MR) is 102 cm³/mol. The molecule has 0 aromatic carbocycles. The highest BCUT2D eigenvalue weighted by molar-refractivity contribution is 5.96. The number of amides is 3. The first-order valence-corrected chi connectivity index (χ1v) is 9.71. The highest BCUT2D eigenvalue weighted by Crippen LogP contribution is 2.30. The van der Waals surface area contributed by atoms with E-state index in [-0.39, 0.29) is 36.2 Å². The zero-order valence-electron chi connectivity index (χ0n) is 17.0. The minimum absolute atomic E-state index is 0.00622. The van der Waals surface area contributed by atoms with Crippen LogP contribution in [0.4, 0.5) is 0 Å². The van der Waals surface area contributed by atoms with E-state index in [2.05, 4.69) is 11.5 Å². The summed E-state index contributed by atoms with van der Waals surface area (Å²) < 4.78 is 2.13. The van der Waals surface area contributed by atoms with Crippen LogP contribution >= 0.6 is 0 Å². The minimum atomic E-state index is -0.211. The lowest BCUT2D eigenvalue weighted by atomic mass is 9.94. The van der Waals surface area contributed by atoms with E-state index < -0.39 is 0 Å². The van der Waals surface area contributed by atoms with Gasteiger partial charge in [-0.3, -0.25) is 14.4 Å². The summed E-state index contributed by atoms with van der Waals surface area (Å²) in [5.74, 6) is -0.290. The molecule has 0 saturated carbocycles. The molecule has 3 saturated heterocycles. The highest BCUT2D eigenvalue weighted by atomic mass is 16.2. The van der Waals surface area contributed by atoms with Crippen LogP contribution in [-0.4, -0.2) is 76.8 Å². The summed E-state index contributed by atoms with van der Waals surface area (Å²) in [6, 6.07) is 1.86. The van der Waals surface area contributed by atoms with Crippen molar-refractivity contribution in [3.63, 3.8) is 0 Å². The van der Waals surface area contributed by atoms with E-state index >= 15 is 0 Å². The molecule has 148 valence electrons.